The van der Waals surface area contributed by atoms with E-state index in [0.29, 0.717) is 34.6 Å². The number of likely N-dealkylation sites (N-methyl/N-ethyl adjacent to an activating group) is 1. The minimum absolute atomic E-state index is 0.0189. The van der Waals surface area contributed by atoms with Crippen molar-refractivity contribution in [1.29, 1.82) is 0 Å². The molecule has 0 saturated heterocycles. The van der Waals surface area contributed by atoms with Crippen LogP contribution < -0.4 is 19.7 Å². The summed E-state index contributed by atoms with van der Waals surface area (Å²) in [6.07, 6.45) is 1.92. The SMILES string of the molecule is [2H]C([2H])([2H])Oc1nnc(NC(=O)c2cc3c(cc2-c2c(OC)cnc(Cl)c2F)C2(CC2)C(=O)N3C([2H])([2H])[2H])s1. The summed E-state index contributed by atoms with van der Waals surface area (Å²) in [6.45, 7) is -2.85. The summed E-state index contributed by atoms with van der Waals surface area (Å²) in [7, 11) is -1.54. The summed E-state index contributed by atoms with van der Waals surface area (Å²) in [4.78, 5) is 31.2. The van der Waals surface area contributed by atoms with Gasteiger partial charge >= 0.3 is 0 Å². The molecule has 1 saturated carbocycles. The van der Waals surface area contributed by atoms with E-state index in [2.05, 4.69) is 25.2 Å². The summed E-state index contributed by atoms with van der Waals surface area (Å²) in [6, 6.07) is 2.58. The van der Waals surface area contributed by atoms with Crippen LogP contribution >= 0.6 is 22.9 Å². The topological polar surface area (TPSA) is 107 Å². The number of pyridine rings is 1. The number of ether oxygens (including phenoxy) is 2. The number of fused-ring (bicyclic) bond motifs is 2. The van der Waals surface area contributed by atoms with Gasteiger partial charge in [-0.2, -0.15) is 0 Å². The highest BCUT2D eigenvalue weighted by Crippen LogP contribution is 2.58. The number of hydrogen-bond acceptors (Lipinski definition) is 8. The van der Waals surface area contributed by atoms with E-state index in [9.17, 15) is 9.59 Å². The molecule has 2 aromatic heterocycles. The lowest BCUT2D eigenvalue weighted by Crippen LogP contribution is -2.28. The van der Waals surface area contributed by atoms with Gasteiger partial charge in [0.25, 0.3) is 11.1 Å². The fourth-order valence-electron chi connectivity index (χ4n) is 3.92. The molecule has 1 aliphatic carbocycles. The second-order valence-corrected chi connectivity index (χ2v) is 8.67. The number of benzene rings is 1. The van der Waals surface area contributed by atoms with Crippen LogP contribution in [0.3, 0.4) is 0 Å². The van der Waals surface area contributed by atoms with Crippen LogP contribution in [-0.2, 0) is 10.2 Å². The molecule has 1 aromatic carbocycles. The van der Waals surface area contributed by atoms with Crippen molar-refractivity contribution in [3.05, 3.63) is 40.4 Å². The van der Waals surface area contributed by atoms with E-state index in [-0.39, 0.29) is 38.5 Å². The molecule has 1 spiro atoms. The lowest BCUT2D eigenvalue weighted by atomic mass is 9.90. The molecule has 170 valence electrons. The number of nitrogens with zero attached hydrogens (tertiary/aromatic N) is 4. The van der Waals surface area contributed by atoms with Gasteiger partial charge in [0, 0.05) is 27.9 Å². The highest BCUT2D eigenvalue weighted by Gasteiger charge is 2.58. The average Bonchev–Trinajstić information content (AvgIpc) is 3.47. The quantitative estimate of drug-likeness (QED) is 0.538. The van der Waals surface area contributed by atoms with E-state index in [0.717, 1.165) is 6.20 Å². The number of rotatable bonds is 5. The fourth-order valence-corrected chi connectivity index (χ4v) is 4.58. The summed E-state index contributed by atoms with van der Waals surface area (Å²) >= 11 is 6.56. The van der Waals surface area contributed by atoms with E-state index in [4.69, 9.17) is 24.6 Å². The number of nitrogens with one attached hydrogen (secondary N) is 1. The van der Waals surface area contributed by atoms with Crippen LogP contribution in [0.4, 0.5) is 15.2 Å². The molecule has 33 heavy (non-hydrogen) atoms. The van der Waals surface area contributed by atoms with Crippen molar-refractivity contribution in [3.63, 3.8) is 0 Å². The van der Waals surface area contributed by atoms with Crippen LogP contribution in [0.15, 0.2) is 18.3 Å². The molecule has 3 aromatic rings. The first-order valence-corrected chi connectivity index (χ1v) is 10.6. The zero-order valence-corrected chi connectivity index (χ0v) is 18.3. The Morgan fingerprint density at radius 3 is 2.88 bits per heavy atom. The maximum atomic E-state index is 15.4. The molecule has 1 aliphatic heterocycles. The maximum Gasteiger partial charge on any atom is 0.295 e. The standard InChI is InChI=1S/C21H17ClFN5O4S/c1-28-12-7-10(17(29)25-19-26-27-20(32-3)33-19)9(6-11(12)21(4-5-21)18(28)30)14-13(31-2)8-24-16(22)15(14)23/h6-8H,4-5H2,1-3H3,(H,25,26,29)/i1D3,3D3. The normalized spacial score (nSPS) is 19.0. The molecule has 0 unspecified atom stereocenters. The average molecular weight is 496 g/mol. The van der Waals surface area contributed by atoms with Gasteiger partial charge in [-0.05, 0) is 41.9 Å². The third kappa shape index (κ3) is 3.22. The van der Waals surface area contributed by atoms with Crippen molar-refractivity contribution in [2.24, 2.45) is 0 Å². The van der Waals surface area contributed by atoms with Crippen molar-refractivity contribution in [2.45, 2.75) is 18.3 Å². The zero-order chi connectivity index (χ0) is 28.5. The molecule has 2 amide bonds. The van der Waals surface area contributed by atoms with E-state index in [1.165, 1.54) is 19.2 Å². The Labute approximate surface area is 204 Å². The van der Waals surface area contributed by atoms with Gasteiger partial charge < -0.3 is 14.4 Å². The molecule has 0 atom stereocenters. The zero-order valence-electron chi connectivity index (χ0n) is 22.7. The van der Waals surface area contributed by atoms with Crippen molar-refractivity contribution < 1.29 is 31.7 Å². The third-order valence-electron chi connectivity index (χ3n) is 5.65. The van der Waals surface area contributed by atoms with Crippen molar-refractivity contribution in [1.82, 2.24) is 15.2 Å². The second-order valence-electron chi connectivity index (χ2n) is 7.37. The molecule has 1 fully saturated rings. The summed E-state index contributed by atoms with van der Waals surface area (Å²) < 4.78 is 70.6. The molecule has 9 nitrogen and oxygen atoms in total. The van der Waals surface area contributed by atoms with Gasteiger partial charge in [0.2, 0.25) is 11.0 Å². The molecule has 0 bridgehead atoms. The van der Waals surface area contributed by atoms with Crippen LogP contribution in [0.2, 0.25) is 5.15 Å². The third-order valence-corrected chi connectivity index (χ3v) is 6.63. The number of halogens is 2. The Hall–Kier alpha value is -3.31. The first-order valence-electron chi connectivity index (χ1n) is 12.4. The fraction of sp³-hybridized carbons (Fsp3) is 0.286. The van der Waals surface area contributed by atoms with Crippen molar-refractivity contribution in [2.75, 3.05) is 31.3 Å². The molecule has 2 aliphatic rings. The van der Waals surface area contributed by atoms with E-state index in [1.807, 2.05) is 0 Å². The second kappa shape index (κ2) is 7.63. The van der Waals surface area contributed by atoms with E-state index < -0.39 is 42.2 Å². The molecule has 1 N–H and O–H groups in total. The largest absolute Gasteiger partial charge is 0.494 e. The van der Waals surface area contributed by atoms with Crippen molar-refractivity contribution in [3.8, 4) is 22.1 Å². The number of carbonyl (C=O) groups excluding carboxylic acids is 2. The van der Waals surface area contributed by atoms with Crippen LogP contribution in [0.5, 0.6) is 10.9 Å². The number of aromatic nitrogens is 3. The Kier molecular flexibility index (Phi) is 3.59. The summed E-state index contributed by atoms with van der Waals surface area (Å²) in [5, 5.41) is 8.66. The van der Waals surface area contributed by atoms with Gasteiger partial charge in [-0.25, -0.2) is 9.37 Å². The van der Waals surface area contributed by atoms with Crippen molar-refractivity contribution >= 4 is 45.6 Å². The van der Waals surface area contributed by atoms with Gasteiger partial charge in [0.05, 0.1) is 35.4 Å². The molecule has 12 heteroatoms. The molecular weight excluding hydrogens is 473 g/mol. The van der Waals surface area contributed by atoms with Gasteiger partial charge in [0.1, 0.15) is 5.75 Å². The minimum Gasteiger partial charge on any atom is -0.494 e. The number of anilines is 2. The molecule has 5 rings (SSSR count). The maximum absolute atomic E-state index is 15.4. The van der Waals surface area contributed by atoms with Crippen LogP contribution in [0.25, 0.3) is 11.1 Å². The number of carbonyl (C=O) groups is 2. The number of hydrogen-bond donors (Lipinski definition) is 1. The first kappa shape index (κ1) is 15.5. The number of methoxy groups -OCH3 is 2. The van der Waals surface area contributed by atoms with Gasteiger partial charge in [0.15, 0.2) is 11.0 Å². The smallest absolute Gasteiger partial charge is 0.295 e. The summed E-state index contributed by atoms with van der Waals surface area (Å²) in [5.41, 5.74) is -1.32. The lowest BCUT2D eigenvalue weighted by molar-refractivity contribution is -0.119. The van der Waals surface area contributed by atoms with Crippen LogP contribution in [0.1, 0.15) is 37.0 Å². The Morgan fingerprint density at radius 2 is 2.18 bits per heavy atom. The van der Waals surface area contributed by atoms with Gasteiger partial charge in [-0.3, -0.25) is 14.9 Å². The highest BCUT2D eigenvalue weighted by atomic mass is 35.5. The first-order chi connectivity index (χ1) is 18.2. The Morgan fingerprint density at radius 1 is 1.36 bits per heavy atom. The predicted octanol–water partition coefficient (Wildman–Crippen LogP) is 3.67. The lowest BCUT2D eigenvalue weighted by Gasteiger charge is -2.17. The Bertz CT molecular complexity index is 1530. The van der Waals surface area contributed by atoms with E-state index in [1.54, 1.807) is 0 Å². The van der Waals surface area contributed by atoms with Gasteiger partial charge in [-0.1, -0.05) is 16.7 Å². The van der Waals surface area contributed by atoms with Crippen LogP contribution in [-0.4, -0.2) is 48.1 Å². The highest BCUT2D eigenvalue weighted by molar-refractivity contribution is 7.17. The van der Waals surface area contributed by atoms with Crippen LogP contribution in [0, 0.1) is 5.82 Å². The Balaban J connectivity index is 1.68. The molecule has 3 heterocycles. The van der Waals surface area contributed by atoms with Gasteiger partial charge in [-0.15, -0.1) is 5.10 Å². The molecular formula is C21H17ClFN5O4S. The minimum atomic E-state index is -2.85. The monoisotopic (exact) mass is 495 g/mol. The number of amides is 2. The predicted molar refractivity (Wildman–Crippen MR) is 120 cm³/mol. The molecule has 0 radical (unpaired) electrons. The van der Waals surface area contributed by atoms with E-state index >= 15 is 4.39 Å². The summed E-state index contributed by atoms with van der Waals surface area (Å²) in [5.74, 6) is -2.61.